The van der Waals surface area contributed by atoms with E-state index in [4.69, 9.17) is 4.74 Å². The van der Waals surface area contributed by atoms with E-state index in [2.05, 4.69) is 52.2 Å². The van der Waals surface area contributed by atoms with Crippen molar-refractivity contribution in [2.75, 3.05) is 6.54 Å². The van der Waals surface area contributed by atoms with E-state index in [0.717, 1.165) is 38.8 Å². The number of likely N-dealkylation sites (tertiary alicyclic amines) is 1. The Labute approximate surface area is 164 Å². The van der Waals surface area contributed by atoms with Crippen molar-refractivity contribution in [3.8, 4) is 0 Å². The fourth-order valence-electron chi connectivity index (χ4n) is 3.89. The van der Waals surface area contributed by atoms with Gasteiger partial charge in [-0.3, -0.25) is 0 Å². The van der Waals surface area contributed by atoms with Crippen LogP contribution in [0.2, 0.25) is 0 Å². The highest BCUT2D eigenvalue weighted by Gasteiger charge is 2.49. The SMILES string of the molecule is CC(C)(C)OC(=O)N1CCC(NCc2ccc(I)cc2)CC12CCC2. The molecule has 138 valence electrons. The van der Waals surface area contributed by atoms with Gasteiger partial charge in [-0.25, -0.2) is 4.79 Å². The van der Waals surface area contributed by atoms with Crippen molar-refractivity contribution in [1.82, 2.24) is 10.2 Å². The van der Waals surface area contributed by atoms with E-state index in [9.17, 15) is 4.79 Å². The van der Waals surface area contributed by atoms with E-state index in [1.54, 1.807) is 0 Å². The van der Waals surface area contributed by atoms with Crippen LogP contribution < -0.4 is 5.32 Å². The third kappa shape index (κ3) is 4.67. The minimum absolute atomic E-state index is 0.0182. The molecule has 1 amide bonds. The van der Waals surface area contributed by atoms with Crippen LogP contribution in [-0.2, 0) is 11.3 Å². The van der Waals surface area contributed by atoms with Crippen molar-refractivity contribution in [3.05, 3.63) is 33.4 Å². The first kappa shape index (κ1) is 19.0. The Morgan fingerprint density at radius 2 is 2.00 bits per heavy atom. The quantitative estimate of drug-likeness (QED) is 0.671. The molecule has 0 aromatic heterocycles. The van der Waals surface area contributed by atoms with Crippen LogP contribution in [0.25, 0.3) is 0 Å². The number of carbonyl (C=O) groups is 1. The number of rotatable bonds is 3. The van der Waals surface area contributed by atoms with Gasteiger partial charge in [0.1, 0.15) is 5.60 Å². The predicted octanol–water partition coefficient (Wildman–Crippen LogP) is 4.70. The summed E-state index contributed by atoms with van der Waals surface area (Å²) in [7, 11) is 0. The van der Waals surface area contributed by atoms with Gasteiger partial charge in [0.2, 0.25) is 0 Å². The van der Waals surface area contributed by atoms with E-state index in [1.807, 2.05) is 25.7 Å². The highest BCUT2D eigenvalue weighted by Crippen LogP contribution is 2.45. The van der Waals surface area contributed by atoms with Gasteiger partial charge in [-0.05, 0) is 93.2 Å². The molecule has 3 rings (SSSR count). The summed E-state index contributed by atoms with van der Waals surface area (Å²) in [6.45, 7) is 7.50. The topological polar surface area (TPSA) is 41.6 Å². The fourth-order valence-corrected chi connectivity index (χ4v) is 4.25. The Balaban J connectivity index is 1.58. The number of ether oxygens (including phenoxy) is 1. The summed E-state index contributed by atoms with van der Waals surface area (Å²) in [6, 6.07) is 9.14. The second-order valence-electron chi connectivity index (χ2n) is 8.41. The normalized spacial score (nSPS) is 22.6. The number of nitrogens with zero attached hydrogens (tertiary/aromatic N) is 1. The molecule has 0 bridgehead atoms. The number of carbonyl (C=O) groups excluding carboxylic acids is 1. The van der Waals surface area contributed by atoms with Crippen LogP contribution in [0.3, 0.4) is 0 Å². The lowest BCUT2D eigenvalue weighted by Crippen LogP contribution is -2.63. The van der Waals surface area contributed by atoms with E-state index in [1.165, 1.54) is 15.6 Å². The standard InChI is InChI=1S/C20H29IN2O2/c1-19(2,3)25-18(24)23-12-9-17(13-20(23)10-4-11-20)22-14-15-5-7-16(21)8-6-15/h5-8,17,22H,4,9-14H2,1-3H3. The van der Waals surface area contributed by atoms with Gasteiger partial charge in [-0.2, -0.15) is 0 Å². The molecule has 25 heavy (non-hydrogen) atoms. The molecule has 0 radical (unpaired) electrons. The third-order valence-corrected chi connectivity index (χ3v) is 6.03. The molecule has 1 atom stereocenters. The van der Waals surface area contributed by atoms with Gasteiger partial charge < -0.3 is 15.0 Å². The Kier molecular flexibility index (Phi) is 5.63. The average molecular weight is 456 g/mol. The lowest BCUT2D eigenvalue weighted by molar-refractivity contribution is -0.0494. The van der Waals surface area contributed by atoms with Crippen LogP contribution in [0.15, 0.2) is 24.3 Å². The van der Waals surface area contributed by atoms with E-state index in [0.29, 0.717) is 6.04 Å². The monoisotopic (exact) mass is 456 g/mol. The van der Waals surface area contributed by atoms with Gasteiger partial charge >= 0.3 is 6.09 Å². The van der Waals surface area contributed by atoms with E-state index in [-0.39, 0.29) is 11.6 Å². The molecule has 1 aliphatic carbocycles. The molecule has 1 heterocycles. The highest BCUT2D eigenvalue weighted by atomic mass is 127. The number of hydrogen-bond acceptors (Lipinski definition) is 3. The van der Waals surface area contributed by atoms with Gasteiger partial charge in [0.15, 0.2) is 0 Å². The molecule has 4 nitrogen and oxygen atoms in total. The second kappa shape index (κ2) is 7.43. The Hall–Kier alpha value is -0.820. The van der Waals surface area contributed by atoms with Crippen LogP contribution in [-0.4, -0.2) is 34.7 Å². The van der Waals surface area contributed by atoms with Crippen LogP contribution in [0, 0.1) is 3.57 Å². The molecule has 1 saturated carbocycles. The van der Waals surface area contributed by atoms with Gasteiger partial charge in [0, 0.05) is 28.2 Å². The number of hydrogen-bond donors (Lipinski definition) is 1. The summed E-state index contributed by atoms with van der Waals surface area (Å²) in [4.78, 5) is 14.6. The summed E-state index contributed by atoms with van der Waals surface area (Å²) < 4.78 is 6.91. The number of piperidine rings is 1. The number of nitrogens with one attached hydrogen (secondary N) is 1. The maximum Gasteiger partial charge on any atom is 0.410 e. The fraction of sp³-hybridized carbons (Fsp3) is 0.650. The molecule has 1 aliphatic heterocycles. The zero-order valence-electron chi connectivity index (χ0n) is 15.5. The minimum Gasteiger partial charge on any atom is -0.444 e. The first-order valence-corrected chi connectivity index (χ1v) is 10.3. The first-order chi connectivity index (χ1) is 11.8. The first-order valence-electron chi connectivity index (χ1n) is 9.26. The predicted molar refractivity (Wildman–Crippen MR) is 109 cm³/mol. The molecule has 1 spiro atoms. The molecule has 1 N–H and O–H groups in total. The summed E-state index contributed by atoms with van der Waals surface area (Å²) in [5, 5.41) is 3.71. The zero-order valence-corrected chi connectivity index (χ0v) is 17.6. The Morgan fingerprint density at radius 1 is 1.32 bits per heavy atom. The zero-order chi connectivity index (χ0) is 18.1. The van der Waals surface area contributed by atoms with E-state index >= 15 is 0 Å². The van der Waals surface area contributed by atoms with Crippen LogP contribution in [0.4, 0.5) is 4.79 Å². The molecule has 1 aromatic carbocycles. The van der Waals surface area contributed by atoms with Crippen LogP contribution in [0.5, 0.6) is 0 Å². The molecule has 2 aliphatic rings. The number of amides is 1. The molecule has 5 heteroatoms. The summed E-state index contributed by atoms with van der Waals surface area (Å²) in [5.41, 5.74) is 0.907. The Morgan fingerprint density at radius 3 is 2.56 bits per heavy atom. The second-order valence-corrected chi connectivity index (χ2v) is 9.65. The summed E-state index contributed by atoms with van der Waals surface area (Å²) in [5.74, 6) is 0. The number of benzene rings is 1. The van der Waals surface area contributed by atoms with Gasteiger partial charge in [0.25, 0.3) is 0 Å². The largest absolute Gasteiger partial charge is 0.444 e. The van der Waals surface area contributed by atoms with E-state index < -0.39 is 5.60 Å². The summed E-state index contributed by atoms with van der Waals surface area (Å²) in [6.07, 6.45) is 5.32. The van der Waals surface area contributed by atoms with Crippen molar-refractivity contribution >= 4 is 28.7 Å². The van der Waals surface area contributed by atoms with Crippen LogP contribution in [0.1, 0.15) is 58.4 Å². The maximum atomic E-state index is 12.6. The van der Waals surface area contributed by atoms with Gasteiger partial charge in [-0.1, -0.05) is 12.1 Å². The van der Waals surface area contributed by atoms with Crippen molar-refractivity contribution < 1.29 is 9.53 Å². The molecule has 1 unspecified atom stereocenters. The molecule has 2 fully saturated rings. The molecule has 1 saturated heterocycles. The molecule has 1 aromatic rings. The lowest BCUT2D eigenvalue weighted by Gasteiger charge is -2.54. The lowest BCUT2D eigenvalue weighted by atomic mass is 9.69. The smallest absolute Gasteiger partial charge is 0.410 e. The van der Waals surface area contributed by atoms with Gasteiger partial charge in [0.05, 0.1) is 0 Å². The molecular formula is C20H29IN2O2. The van der Waals surface area contributed by atoms with Crippen LogP contribution >= 0.6 is 22.6 Å². The van der Waals surface area contributed by atoms with Gasteiger partial charge in [-0.15, -0.1) is 0 Å². The average Bonchev–Trinajstić information content (AvgIpc) is 2.51. The van der Waals surface area contributed by atoms with Crippen molar-refractivity contribution in [3.63, 3.8) is 0 Å². The number of halogens is 1. The highest BCUT2D eigenvalue weighted by molar-refractivity contribution is 14.1. The van der Waals surface area contributed by atoms with Crippen molar-refractivity contribution in [2.24, 2.45) is 0 Å². The molecular weight excluding hydrogens is 427 g/mol. The Bertz CT molecular complexity index is 605. The third-order valence-electron chi connectivity index (χ3n) is 5.31. The maximum absolute atomic E-state index is 12.6. The van der Waals surface area contributed by atoms with Crippen molar-refractivity contribution in [2.45, 2.75) is 76.6 Å². The summed E-state index contributed by atoms with van der Waals surface area (Å²) >= 11 is 2.33. The minimum atomic E-state index is -0.429. The van der Waals surface area contributed by atoms with Crippen molar-refractivity contribution in [1.29, 1.82) is 0 Å².